The number of carbonyl (C=O) groups is 2. The molecule has 2 unspecified atom stereocenters. The van der Waals surface area contributed by atoms with Crippen molar-refractivity contribution in [2.75, 3.05) is 13.1 Å². The zero-order chi connectivity index (χ0) is 16.5. The number of hydrogen-bond donors (Lipinski definition) is 3. The third-order valence-electron chi connectivity index (χ3n) is 3.73. The Bertz CT molecular complexity index is 570. The minimum atomic E-state index is -0.645. The molecule has 1 fully saturated rings. The lowest BCUT2D eigenvalue weighted by Crippen LogP contribution is -2.44. The van der Waals surface area contributed by atoms with Gasteiger partial charge in [-0.1, -0.05) is 6.07 Å². The normalized spacial score (nSPS) is 18.6. The number of nitrogens with one attached hydrogen (secondary N) is 3. The van der Waals surface area contributed by atoms with E-state index >= 15 is 0 Å². The molecule has 0 spiro atoms. The summed E-state index contributed by atoms with van der Waals surface area (Å²) in [6.07, 6.45) is 3.72. The van der Waals surface area contributed by atoms with Gasteiger partial charge in [0.1, 0.15) is 6.04 Å². The van der Waals surface area contributed by atoms with Crippen LogP contribution in [0.15, 0.2) is 24.4 Å². The van der Waals surface area contributed by atoms with Crippen LogP contribution in [0.25, 0.3) is 0 Å². The summed E-state index contributed by atoms with van der Waals surface area (Å²) in [7, 11) is 0. The van der Waals surface area contributed by atoms with Crippen molar-refractivity contribution < 1.29 is 9.59 Å². The first-order valence-electron chi connectivity index (χ1n) is 7.76. The van der Waals surface area contributed by atoms with E-state index in [4.69, 9.17) is 5.26 Å². The number of aromatic nitrogens is 1. The fourth-order valence-corrected chi connectivity index (χ4v) is 2.54. The highest BCUT2D eigenvalue weighted by molar-refractivity contribution is 5.80. The van der Waals surface area contributed by atoms with Gasteiger partial charge in [0.15, 0.2) is 0 Å². The van der Waals surface area contributed by atoms with Gasteiger partial charge in [0.2, 0.25) is 11.8 Å². The summed E-state index contributed by atoms with van der Waals surface area (Å²) >= 11 is 0. The van der Waals surface area contributed by atoms with Crippen molar-refractivity contribution in [2.45, 2.75) is 31.8 Å². The zero-order valence-corrected chi connectivity index (χ0v) is 12.9. The molecule has 0 aromatic carbocycles. The zero-order valence-electron chi connectivity index (χ0n) is 12.9. The molecule has 1 aliphatic heterocycles. The number of amides is 2. The molecule has 1 saturated heterocycles. The van der Waals surface area contributed by atoms with Crippen molar-refractivity contribution in [3.05, 3.63) is 30.1 Å². The number of nitrogens with zero attached hydrogens (tertiary/aromatic N) is 2. The van der Waals surface area contributed by atoms with Crippen LogP contribution in [0, 0.1) is 17.2 Å². The Morgan fingerprint density at radius 1 is 1.52 bits per heavy atom. The molecule has 0 aliphatic carbocycles. The Kier molecular flexibility index (Phi) is 6.51. The first kappa shape index (κ1) is 16.9. The summed E-state index contributed by atoms with van der Waals surface area (Å²) in [4.78, 5) is 27.7. The molecule has 1 aromatic heterocycles. The molecule has 2 atom stereocenters. The highest BCUT2D eigenvalue weighted by Crippen LogP contribution is 2.17. The maximum absolute atomic E-state index is 11.9. The van der Waals surface area contributed by atoms with Crippen LogP contribution in [0.4, 0.5) is 0 Å². The minimum absolute atomic E-state index is 0.0287. The highest BCUT2D eigenvalue weighted by Gasteiger charge is 2.26. The van der Waals surface area contributed by atoms with Crippen LogP contribution in [0.5, 0.6) is 0 Å². The number of rotatable bonds is 7. The molecule has 1 aliphatic rings. The summed E-state index contributed by atoms with van der Waals surface area (Å²) in [5.41, 5.74) is 0.844. The maximum atomic E-state index is 11.9. The summed E-state index contributed by atoms with van der Waals surface area (Å²) in [6.45, 7) is 1.28. The molecule has 1 aromatic rings. The van der Waals surface area contributed by atoms with Crippen molar-refractivity contribution in [1.82, 2.24) is 20.9 Å². The summed E-state index contributed by atoms with van der Waals surface area (Å²) < 4.78 is 0. The first-order valence-corrected chi connectivity index (χ1v) is 7.76. The van der Waals surface area contributed by atoms with E-state index in [1.807, 2.05) is 18.2 Å². The summed E-state index contributed by atoms with van der Waals surface area (Å²) in [5.74, 6) is -0.488. The van der Waals surface area contributed by atoms with Gasteiger partial charge in [-0.05, 0) is 31.4 Å². The van der Waals surface area contributed by atoms with Gasteiger partial charge in [-0.2, -0.15) is 5.26 Å². The van der Waals surface area contributed by atoms with E-state index < -0.39 is 6.04 Å². The molecule has 2 heterocycles. The number of carbonyl (C=O) groups excluding carboxylic acids is 2. The standard InChI is InChI=1S/C16H21N5O2/c17-9-14(8-12-4-3-7-20-16(12)23)21-15(22)11-18-10-13-5-1-2-6-19-13/h1-2,5-6,12,14,18H,3-4,7-8,10-11H2,(H,20,23)(H,21,22). The Morgan fingerprint density at radius 2 is 2.39 bits per heavy atom. The van der Waals surface area contributed by atoms with Crippen molar-refractivity contribution in [2.24, 2.45) is 5.92 Å². The molecule has 0 bridgehead atoms. The average Bonchev–Trinajstić information content (AvgIpc) is 2.57. The number of hydrogen-bond acceptors (Lipinski definition) is 5. The van der Waals surface area contributed by atoms with Crippen LogP contribution < -0.4 is 16.0 Å². The van der Waals surface area contributed by atoms with Crippen LogP contribution in [0.1, 0.15) is 25.0 Å². The third-order valence-corrected chi connectivity index (χ3v) is 3.73. The van der Waals surface area contributed by atoms with E-state index in [2.05, 4.69) is 27.0 Å². The predicted molar refractivity (Wildman–Crippen MR) is 83.8 cm³/mol. The van der Waals surface area contributed by atoms with Gasteiger partial charge in [0, 0.05) is 25.2 Å². The molecule has 7 nitrogen and oxygen atoms in total. The van der Waals surface area contributed by atoms with Gasteiger partial charge in [0.05, 0.1) is 18.3 Å². The fraction of sp³-hybridized carbons (Fsp3) is 0.500. The number of piperidine rings is 1. The monoisotopic (exact) mass is 315 g/mol. The van der Waals surface area contributed by atoms with Crippen LogP contribution in [0.2, 0.25) is 0 Å². The number of nitriles is 1. The minimum Gasteiger partial charge on any atom is -0.356 e. The first-order chi connectivity index (χ1) is 11.2. The van der Waals surface area contributed by atoms with Crippen molar-refractivity contribution in [3.8, 4) is 6.07 Å². The molecular weight excluding hydrogens is 294 g/mol. The van der Waals surface area contributed by atoms with Crippen LogP contribution in [0.3, 0.4) is 0 Å². The van der Waals surface area contributed by atoms with E-state index in [1.54, 1.807) is 6.20 Å². The van der Waals surface area contributed by atoms with Crippen LogP contribution >= 0.6 is 0 Å². The van der Waals surface area contributed by atoms with Crippen molar-refractivity contribution >= 4 is 11.8 Å². The molecule has 122 valence electrons. The number of pyridine rings is 1. The van der Waals surface area contributed by atoms with Gasteiger partial charge >= 0.3 is 0 Å². The molecular formula is C16H21N5O2. The second kappa shape index (κ2) is 8.86. The van der Waals surface area contributed by atoms with Crippen molar-refractivity contribution in [1.29, 1.82) is 5.26 Å². The summed E-state index contributed by atoms with van der Waals surface area (Å²) in [6, 6.07) is 6.99. The topological polar surface area (TPSA) is 107 Å². The smallest absolute Gasteiger partial charge is 0.234 e. The van der Waals surface area contributed by atoms with E-state index in [9.17, 15) is 9.59 Å². The molecule has 0 saturated carbocycles. The molecule has 23 heavy (non-hydrogen) atoms. The Labute approximate surface area is 135 Å². The van der Waals surface area contributed by atoms with Gasteiger partial charge in [-0.3, -0.25) is 14.6 Å². The Hall–Kier alpha value is -2.46. The van der Waals surface area contributed by atoms with E-state index in [0.717, 1.165) is 18.5 Å². The van der Waals surface area contributed by atoms with E-state index in [-0.39, 0.29) is 24.3 Å². The largest absolute Gasteiger partial charge is 0.356 e. The van der Waals surface area contributed by atoms with Crippen molar-refractivity contribution in [3.63, 3.8) is 0 Å². The fourth-order valence-electron chi connectivity index (χ4n) is 2.54. The average molecular weight is 315 g/mol. The Balaban J connectivity index is 1.72. The quantitative estimate of drug-likeness (QED) is 0.661. The SMILES string of the molecule is N#CC(CC1CCCNC1=O)NC(=O)CNCc1ccccn1. The van der Waals surface area contributed by atoms with E-state index in [1.165, 1.54) is 0 Å². The maximum Gasteiger partial charge on any atom is 0.234 e. The second-order valence-electron chi connectivity index (χ2n) is 5.54. The molecule has 2 rings (SSSR count). The third kappa shape index (κ3) is 5.68. The van der Waals surface area contributed by atoms with Crippen LogP contribution in [-0.2, 0) is 16.1 Å². The van der Waals surface area contributed by atoms with Gasteiger partial charge in [-0.25, -0.2) is 0 Å². The van der Waals surface area contributed by atoms with E-state index in [0.29, 0.717) is 19.5 Å². The second-order valence-corrected chi connectivity index (χ2v) is 5.54. The molecule has 3 N–H and O–H groups in total. The summed E-state index contributed by atoms with van der Waals surface area (Å²) in [5, 5.41) is 17.6. The highest BCUT2D eigenvalue weighted by atomic mass is 16.2. The van der Waals surface area contributed by atoms with Crippen LogP contribution in [-0.4, -0.2) is 35.9 Å². The van der Waals surface area contributed by atoms with Gasteiger partial charge < -0.3 is 16.0 Å². The predicted octanol–water partition coefficient (Wildman–Crippen LogP) is 0.0959. The lowest BCUT2D eigenvalue weighted by atomic mass is 9.92. The molecule has 7 heteroatoms. The van der Waals surface area contributed by atoms with Gasteiger partial charge in [0.25, 0.3) is 0 Å². The Morgan fingerprint density at radius 3 is 3.09 bits per heavy atom. The van der Waals surface area contributed by atoms with Gasteiger partial charge in [-0.15, -0.1) is 0 Å². The molecule has 0 radical (unpaired) electrons. The molecule has 2 amide bonds. The lowest BCUT2D eigenvalue weighted by Gasteiger charge is -2.23. The lowest BCUT2D eigenvalue weighted by molar-refractivity contribution is -0.127.